The van der Waals surface area contributed by atoms with Crippen LogP contribution in [0.3, 0.4) is 0 Å². The molecule has 0 bridgehead atoms. The van der Waals surface area contributed by atoms with Gasteiger partial charge in [-0.1, -0.05) is 0 Å². The van der Waals surface area contributed by atoms with E-state index in [1.165, 1.54) is 9.75 Å². The van der Waals surface area contributed by atoms with Gasteiger partial charge in [-0.25, -0.2) is 0 Å². The lowest BCUT2D eigenvalue weighted by atomic mass is 9.87. The average molecular weight is 424 g/mol. The van der Waals surface area contributed by atoms with Gasteiger partial charge in [0.2, 0.25) is 0 Å². The fourth-order valence-electron chi connectivity index (χ4n) is 4.10. The molecule has 4 rings (SSSR count). The summed E-state index contributed by atoms with van der Waals surface area (Å²) in [6, 6.07) is 8.49. The number of ketones is 1. The Kier molecular flexibility index (Phi) is 6.65. The Hall–Kier alpha value is -1.60. The summed E-state index contributed by atoms with van der Waals surface area (Å²) in [5.41, 5.74) is 0.899. The number of ether oxygens (including phenoxy) is 1. The highest BCUT2D eigenvalue weighted by atomic mass is 35.5. The number of halogens is 1. The van der Waals surface area contributed by atoms with Crippen molar-refractivity contribution < 1.29 is 19.7 Å². The van der Waals surface area contributed by atoms with E-state index in [-0.39, 0.29) is 42.0 Å². The third-order valence-electron chi connectivity index (χ3n) is 5.59. The Balaban J connectivity index is 0.00000225. The Labute approximate surface area is 175 Å². The van der Waals surface area contributed by atoms with Crippen molar-refractivity contribution in [3.63, 3.8) is 0 Å². The van der Waals surface area contributed by atoms with Crippen LogP contribution in [0.4, 0.5) is 0 Å². The first-order valence-corrected chi connectivity index (χ1v) is 10.3. The average Bonchev–Trinajstić information content (AvgIpc) is 3.20. The summed E-state index contributed by atoms with van der Waals surface area (Å²) in [4.78, 5) is 15.1. The van der Waals surface area contributed by atoms with E-state index >= 15 is 0 Å². The number of aliphatic hydroxyl groups is 1. The predicted molar refractivity (Wildman–Crippen MR) is 112 cm³/mol. The van der Waals surface area contributed by atoms with Crippen molar-refractivity contribution in [2.75, 3.05) is 6.54 Å². The molecule has 0 amide bonds. The van der Waals surface area contributed by atoms with Gasteiger partial charge in [0.05, 0.1) is 0 Å². The second kappa shape index (κ2) is 8.82. The molecule has 1 unspecified atom stereocenters. The van der Waals surface area contributed by atoms with Crippen molar-refractivity contribution in [3.05, 3.63) is 45.6 Å². The number of thiophene rings is 1. The van der Waals surface area contributed by atoms with Gasteiger partial charge < -0.3 is 20.3 Å². The highest BCUT2D eigenvalue weighted by Gasteiger charge is 2.37. The molecule has 28 heavy (non-hydrogen) atoms. The van der Waals surface area contributed by atoms with Crippen LogP contribution < -0.4 is 10.1 Å². The van der Waals surface area contributed by atoms with E-state index in [4.69, 9.17) is 4.74 Å². The lowest BCUT2D eigenvalue weighted by Crippen LogP contribution is -2.44. The van der Waals surface area contributed by atoms with E-state index in [1.807, 2.05) is 13.0 Å². The van der Waals surface area contributed by atoms with Gasteiger partial charge in [-0.3, -0.25) is 4.79 Å². The molecule has 5 nitrogen and oxygen atoms in total. The molecule has 1 saturated carbocycles. The van der Waals surface area contributed by atoms with Crippen molar-refractivity contribution in [2.45, 2.75) is 50.9 Å². The summed E-state index contributed by atoms with van der Waals surface area (Å²) >= 11 is 1.73. The molecule has 0 spiro atoms. The standard InChI is InChI=1S/C21H25NO4S.ClH/c1-12-10-16-19(27-12)9-2-13(20(16)24)11-22-17-7-8-18(21(17)25)26-15-5-3-14(23)4-6-15;/h3-6,10,13,17-18,21-23,25H,2,7-9,11H2,1H3;1H/t13?,17-,18-,21-;/m1./s1. The molecule has 3 N–H and O–H groups in total. The molecule has 0 radical (unpaired) electrons. The van der Waals surface area contributed by atoms with Crippen LogP contribution in [0.5, 0.6) is 11.5 Å². The maximum Gasteiger partial charge on any atom is 0.168 e. The zero-order valence-electron chi connectivity index (χ0n) is 15.8. The van der Waals surface area contributed by atoms with Gasteiger partial charge in [0.1, 0.15) is 23.7 Å². The maximum absolute atomic E-state index is 12.7. The minimum Gasteiger partial charge on any atom is -0.508 e. The van der Waals surface area contributed by atoms with Gasteiger partial charge >= 0.3 is 0 Å². The van der Waals surface area contributed by atoms with Gasteiger partial charge in [0.15, 0.2) is 5.78 Å². The second-order valence-electron chi connectivity index (χ2n) is 7.53. The lowest BCUT2D eigenvalue weighted by Gasteiger charge is -2.25. The smallest absolute Gasteiger partial charge is 0.168 e. The molecule has 152 valence electrons. The van der Waals surface area contributed by atoms with Crippen LogP contribution in [-0.2, 0) is 6.42 Å². The quantitative estimate of drug-likeness (QED) is 0.686. The number of carbonyl (C=O) groups excluding carboxylic acids is 1. The number of aliphatic hydroxyl groups excluding tert-OH is 1. The number of rotatable bonds is 5. The van der Waals surface area contributed by atoms with Gasteiger partial charge in [0, 0.05) is 33.8 Å². The lowest BCUT2D eigenvalue weighted by molar-refractivity contribution is 0.0441. The molecule has 1 aromatic carbocycles. The van der Waals surface area contributed by atoms with E-state index in [2.05, 4.69) is 5.32 Å². The summed E-state index contributed by atoms with van der Waals surface area (Å²) in [6.45, 7) is 2.65. The molecule has 2 aliphatic rings. The molecule has 1 heterocycles. The molecular weight excluding hydrogens is 398 g/mol. The number of phenolic OH excluding ortho intramolecular Hbond substituents is 1. The van der Waals surface area contributed by atoms with E-state index in [0.29, 0.717) is 12.3 Å². The summed E-state index contributed by atoms with van der Waals surface area (Å²) in [7, 11) is 0. The van der Waals surface area contributed by atoms with Crippen molar-refractivity contribution in [1.82, 2.24) is 5.32 Å². The van der Waals surface area contributed by atoms with Crippen LogP contribution in [0.2, 0.25) is 0 Å². The summed E-state index contributed by atoms with van der Waals surface area (Å²) in [6.07, 6.45) is 2.51. The molecule has 0 aliphatic heterocycles. The number of aryl methyl sites for hydroxylation is 2. The summed E-state index contributed by atoms with van der Waals surface area (Å²) in [5, 5.41) is 23.4. The van der Waals surface area contributed by atoms with Crippen LogP contribution in [0.25, 0.3) is 0 Å². The largest absolute Gasteiger partial charge is 0.508 e. The number of hydrogen-bond acceptors (Lipinski definition) is 6. The SMILES string of the molecule is Cc1cc2c(s1)CCC(CN[C@@H]1CC[C@@H](Oc3ccc(O)cc3)[C@@H]1O)C2=O.Cl. The van der Waals surface area contributed by atoms with E-state index < -0.39 is 6.10 Å². The van der Waals surface area contributed by atoms with Crippen LogP contribution in [0.1, 0.15) is 39.4 Å². The Morgan fingerprint density at radius 2 is 1.96 bits per heavy atom. The zero-order chi connectivity index (χ0) is 19.0. The summed E-state index contributed by atoms with van der Waals surface area (Å²) in [5.74, 6) is 1.04. The number of Topliss-reactive ketones (excluding diaryl/α,β-unsaturated/α-hetero) is 1. The van der Waals surface area contributed by atoms with Crippen LogP contribution in [0.15, 0.2) is 30.3 Å². The molecular formula is C21H26ClNO4S. The number of fused-ring (bicyclic) bond motifs is 1. The van der Waals surface area contributed by atoms with E-state index in [1.54, 1.807) is 35.6 Å². The maximum atomic E-state index is 12.7. The highest BCUT2D eigenvalue weighted by Crippen LogP contribution is 2.32. The Bertz CT molecular complexity index is 822. The summed E-state index contributed by atoms with van der Waals surface area (Å²) < 4.78 is 5.87. The molecule has 7 heteroatoms. The first-order valence-electron chi connectivity index (χ1n) is 9.52. The highest BCUT2D eigenvalue weighted by molar-refractivity contribution is 7.12. The number of nitrogens with one attached hydrogen (secondary N) is 1. The van der Waals surface area contributed by atoms with Crippen LogP contribution in [-0.4, -0.2) is 40.8 Å². The molecule has 2 aromatic rings. The van der Waals surface area contributed by atoms with Crippen molar-refractivity contribution in [1.29, 1.82) is 0 Å². The van der Waals surface area contributed by atoms with Gasteiger partial charge in [-0.05, 0) is 62.9 Å². The molecule has 1 fully saturated rings. The van der Waals surface area contributed by atoms with Crippen molar-refractivity contribution >= 4 is 29.5 Å². The minimum absolute atomic E-state index is 0. The fraction of sp³-hybridized carbons (Fsp3) is 0.476. The second-order valence-corrected chi connectivity index (χ2v) is 8.87. The molecule has 2 aliphatic carbocycles. The van der Waals surface area contributed by atoms with Gasteiger partial charge in [-0.2, -0.15) is 0 Å². The number of hydrogen-bond donors (Lipinski definition) is 3. The minimum atomic E-state index is -0.614. The third kappa shape index (κ3) is 4.35. The van der Waals surface area contributed by atoms with E-state index in [0.717, 1.165) is 31.2 Å². The van der Waals surface area contributed by atoms with Gasteiger partial charge in [-0.15, -0.1) is 23.7 Å². The van der Waals surface area contributed by atoms with Crippen LogP contribution >= 0.6 is 23.7 Å². The topological polar surface area (TPSA) is 78.8 Å². The van der Waals surface area contributed by atoms with Crippen molar-refractivity contribution in [2.24, 2.45) is 5.92 Å². The van der Waals surface area contributed by atoms with Gasteiger partial charge in [0.25, 0.3) is 0 Å². The molecule has 0 saturated heterocycles. The number of benzene rings is 1. The monoisotopic (exact) mass is 423 g/mol. The molecule has 1 aromatic heterocycles. The van der Waals surface area contributed by atoms with E-state index in [9.17, 15) is 15.0 Å². The predicted octanol–water partition coefficient (Wildman–Crippen LogP) is 3.49. The first kappa shape index (κ1) is 21.1. The molecule has 4 atom stereocenters. The number of phenols is 1. The first-order chi connectivity index (χ1) is 13.0. The Morgan fingerprint density at radius 1 is 1.21 bits per heavy atom. The fourth-order valence-corrected chi connectivity index (χ4v) is 5.15. The number of aromatic hydroxyl groups is 1. The Morgan fingerprint density at radius 3 is 2.71 bits per heavy atom. The third-order valence-corrected chi connectivity index (χ3v) is 6.70. The van der Waals surface area contributed by atoms with Crippen molar-refractivity contribution in [3.8, 4) is 11.5 Å². The normalized spacial score (nSPS) is 26.6. The number of carbonyl (C=O) groups is 1. The van der Waals surface area contributed by atoms with Crippen LogP contribution in [0, 0.1) is 12.8 Å². The zero-order valence-corrected chi connectivity index (χ0v) is 17.4.